The Labute approximate surface area is 129 Å². The molecular weight excluding hydrogens is 351 g/mol. The summed E-state index contributed by atoms with van der Waals surface area (Å²) in [6, 6.07) is -0.231. The van der Waals surface area contributed by atoms with Crippen molar-refractivity contribution in [2.45, 2.75) is 39.1 Å². The molecule has 0 spiro atoms. The molecule has 0 aliphatic carbocycles. The van der Waals surface area contributed by atoms with E-state index >= 15 is 0 Å². The van der Waals surface area contributed by atoms with Crippen LogP contribution in [0, 0.1) is 0 Å². The van der Waals surface area contributed by atoms with Crippen LogP contribution in [0.25, 0.3) is 0 Å². The molecule has 0 saturated heterocycles. The molecule has 1 rings (SSSR count). The molecule has 0 amide bonds. The van der Waals surface area contributed by atoms with Gasteiger partial charge in [-0.3, -0.25) is 4.99 Å². The summed E-state index contributed by atoms with van der Waals surface area (Å²) in [4.78, 5) is 8.11. The van der Waals surface area contributed by atoms with Crippen LogP contribution in [-0.4, -0.2) is 36.1 Å². The number of aliphatic imine (C=N–C) groups is 1. The Bertz CT molecular complexity index is 494. The minimum absolute atomic E-state index is 0.230. The molecule has 0 fully saturated rings. The van der Waals surface area contributed by atoms with E-state index in [1.807, 2.05) is 6.92 Å². The van der Waals surface area contributed by atoms with Crippen LogP contribution in [0.15, 0.2) is 21.9 Å². The molecular formula is C13H17BrF3N3O. The second-order valence-corrected chi connectivity index (χ2v) is 5.18. The van der Waals surface area contributed by atoms with Gasteiger partial charge in [0.2, 0.25) is 0 Å². The first-order valence-corrected chi connectivity index (χ1v) is 7.18. The van der Waals surface area contributed by atoms with Crippen LogP contribution in [0.2, 0.25) is 0 Å². The first-order valence-electron chi connectivity index (χ1n) is 6.38. The molecule has 0 aliphatic heterocycles. The fraction of sp³-hybridized carbons (Fsp3) is 0.538. The van der Waals surface area contributed by atoms with Crippen LogP contribution in [0.5, 0.6) is 0 Å². The summed E-state index contributed by atoms with van der Waals surface area (Å²) in [5.41, 5.74) is 0.572. The number of ether oxygens (including phenoxy) is 1. The van der Waals surface area contributed by atoms with Crippen molar-refractivity contribution >= 4 is 33.5 Å². The van der Waals surface area contributed by atoms with E-state index in [1.165, 1.54) is 18.5 Å². The van der Waals surface area contributed by atoms with E-state index in [1.54, 1.807) is 6.92 Å². The number of nitrogens with zero attached hydrogens (tertiary/aromatic N) is 2. The van der Waals surface area contributed by atoms with Crippen molar-refractivity contribution in [2.75, 3.05) is 11.9 Å². The summed E-state index contributed by atoms with van der Waals surface area (Å²) in [5.74, 6) is 0. The van der Waals surface area contributed by atoms with Crippen LogP contribution in [0.3, 0.4) is 0 Å². The average Bonchev–Trinajstić information content (AvgIpc) is 2.37. The Kier molecular flexibility index (Phi) is 6.60. The zero-order chi connectivity index (χ0) is 16.0. The lowest BCUT2D eigenvalue weighted by molar-refractivity contribution is -0.138. The summed E-state index contributed by atoms with van der Waals surface area (Å²) in [7, 11) is 0. The monoisotopic (exact) mass is 367 g/mol. The highest BCUT2D eigenvalue weighted by atomic mass is 79.9. The average molecular weight is 368 g/mol. The molecule has 8 heteroatoms. The zero-order valence-corrected chi connectivity index (χ0v) is 13.5. The summed E-state index contributed by atoms with van der Waals surface area (Å²) in [5, 5.41) is 2.40. The lowest BCUT2D eigenvalue weighted by atomic mass is 10.2. The quantitative estimate of drug-likeness (QED) is 0.601. The molecule has 1 aromatic rings. The fourth-order valence-corrected chi connectivity index (χ4v) is 1.78. The fourth-order valence-electron chi connectivity index (χ4n) is 1.45. The van der Waals surface area contributed by atoms with Crippen LogP contribution < -0.4 is 5.32 Å². The standard InChI is InChI=1S/C13H17BrF3N3O/c1-4-21-8(2)6-18-11-7-19-12(14)5-10(11)20-9(3)13(15,16)17/h5-9H,4H2,1-3H3,(H,19,20). The molecule has 0 bridgehead atoms. The summed E-state index contributed by atoms with van der Waals surface area (Å²) >= 11 is 3.13. The second-order valence-electron chi connectivity index (χ2n) is 4.37. The first kappa shape index (κ1) is 17.9. The Morgan fingerprint density at radius 1 is 1.48 bits per heavy atom. The maximum absolute atomic E-state index is 12.6. The number of rotatable bonds is 6. The third kappa shape index (κ3) is 6.01. The SMILES string of the molecule is CCOC(C)C=Nc1cnc(Br)cc1NC(C)C(F)(F)F. The highest BCUT2D eigenvalue weighted by Gasteiger charge is 2.36. The van der Waals surface area contributed by atoms with Gasteiger partial charge in [-0.05, 0) is 42.8 Å². The van der Waals surface area contributed by atoms with Gasteiger partial charge in [-0.25, -0.2) is 4.98 Å². The van der Waals surface area contributed by atoms with E-state index < -0.39 is 12.2 Å². The molecule has 2 atom stereocenters. The van der Waals surface area contributed by atoms with Gasteiger partial charge < -0.3 is 10.1 Å². The Hall–Kier alpha value is -1.15. The van der Waals surface area contributed by atoms with Gasteiger partial charge in [0, 0.05) is 12.8 Å². The normalized spacial score (nSPS) is 15.2. The van der Waals surface area contributed by atoms with Crippen molar-refractivity contribution in [3.8, 4) is 0 Å². The van der Waals surface area contributed by atoms with E-state index in [2.05, 4.69) is 31.2 Å². The van der Waals surface area contributed by atoms with Crippen molar-refractivity contribution in [2.24, 2.45) is 4.99 Å². The van der Waals surface area contributed by atoms with Gasteiger partial charge in [0.05, 0.1) is 18.0 Å². The van der Waals surface area contributed by atoms with Gasteiger partial charge in [0.15, 0.2) is 0 Å². The number of pyridine rings is 1. The summed E-state index contributed by atoms with van der Waals surface area (Å²) in [6.45, 7) is 5.22. The van der Waals surface area contributed by atoms with E-state index in [4.69, 9.17) is 4.74 Å². The van der Waals surface area contributed by atoms with E-state index in [-0.39, 0.29) is 11.8 Å². The van der Waals surface area contributed by atoms with Crippen molar-refractivity contribution in [1.82, 2.24) is 4.98 Å². The predicted molar refractivity (Wildman–Crippen MR) is 80.3 cm³/mol. The molecule has 0 saturated carbocycles. The Balaban J connectivity index is 2.95. The molecule has 0 aromatic carbocycles. The topological polar surface area (TPSA) is 46.5 Å². The van der Waals surface area contributed by atoms with Crippen LogP contribution in [0.1, 0.15) is 20.8 Å². The lowest BCUT2D eigenvalue weighted by Crippen LogP contribution is -2.33. The highest BCUT2D eigenvalue weighted by molar-refractivity contribution is 9.10. The Morgan fingerprint density at radius 3 is 2.71 bits per heavy atom. The molecule has 2 unspecified atom stereocenters. The van der Waals surface area contributed by atoms with Gasteiger partial charge in [-0.2, -0.15) is 13.2 Å². The van der Waals surface area contributed by atoms with Crippen LogP contribution in [0.4, 0.5) is 24.5 Å². The lowest BCUT2D eigenvalue weighted by Gasteiger charge is -2.19. The third-order valence-electron chi connectivity index (χ3n) is 2.57. The zero-order valence-electron chi connectivity index (χ0n) is 11.9. The van der Waals surface area contributed by atoms with Gasteiger partial charge in [-0.15, -0.1) is 0 Å². The minimum Gasteiger partial charge on any atom is -0.373 e. The van der Waals surface area contributed by atoms with Crippen molar-refractivity contribution in [1.29, 1.82) is 0 Å². The number of hydrogen-bond acceptors (Lipinski definition) is 4. The summed E-state index contributed by atoms with van der Waals surface area (Å²) < 4.78 is 43.6. The number of aromatic nitrogens is 1. The van der Waals surface area contributed by atoms with E-state index in [9.17, 15) is 13.2 Å². The first-order chi connectivity index (χ1) is 9.74. The minimum atomic E-state index is -4.34. The Morgan fingerprint density at radius 2 is 2.14 bits per heavy atom. The largest absolute Gasteiger partial charge is 0.408 e. The van der Waals surface area contributed by atoms with E-state index in [0.29, 0.717) is 16.9 Å². The maximum atomic E-state index is 12.6. The van der Waals surface area contributed by atoms with Crippen LogP contribution in [-0.2, 0) is 4.74 Å². The molecule has 0 aliphatic rings. The molecule has 4 nitrogen and oxygen atoms in total. The highest BCUT2D eigenvalue weighted by Crippen LogP contribution is 2.30. The van der Waals surface area contributed by atoms with Crippen LogP contribution >= 0.6 is 15.9 Å². The number of alkyl halides is 3. The number of anilines is 1. The number of nitrogens with one attached hydrogen (secondary N) is 1. The summed E-state index contributed by atoms with van der Waals surface area (Å²) in [6.07, 6.45) is -1.65. The molecule has 21 heavy (non-hydrogen) atoms. The maximum Gasteiger partial charge on any atom is 0.408 e. The molecule has 1 heterocycles. The number of halogens is 4. The molecule has 118 valence electrons. The molecule has 1 N–H and O–H groups in total. The van der Waals surface area contributed by atoms with Crippen molar-refractivity contribution in [3.63, 3.8) is 0 Å². The molecule has 0 radical (unpaired) electrons. The van der Waals surface area contributed by atoms with Gasteiger partial charge in [0.25, 0.3) is 0 Å². The molecule has 1 aromatic heterocycles. The number of hydrogen-bond donors (Lipinski definition) is 1. The van der Waals surface area contributed by atoms with Crippen molar-refractivity contribution < 1.29 is 17.9 Å². The second kappa shape index (κ2) is 7.74. The van der Waals surface area contributed by atoms with E-state index in [0.717, 1.165) is 6.92 Å². The van der Waals surface area contributed by atoms with Crippen molar-refractivity contribution in [3.05, 3.63) is 16.9 Å². The predicted octanol–water partition coefficient (Wildman–Crippen LogP) is 4.33. The van der Waals surface area contributed by atoms with Gasteiger partial charge in [0.1, 0.15) is 16.3 Å². The van der Waals surface area contributed by atoms with Gasteiger partial charge in [-0.1, -0.05) is 0 Å². The third-order valence-corrected chi connectivity index (χ3v) is 3.00. The van der Waals surface area contributed by atoms with Gasteiger partial charge >= 0.3 is 6.18 Å². The smallest absolute Gasteiger partial charge is 0.373 e.